The lowest BCUT2D eigenvalue weighted by Crippen LogP contribution is -2.31. The molecule has 1 aliphatic heterocycles. The van der Waals surface area contributed by atoms with E-state index in [1.807, 2.05) is 0 Å². The van der Waals surface area contributed by atoms with E-state index >= 15 is 0 Å². The summed E-state index contributed by atoms with van der Waals surface area (Å²) < 4.78 is 5.67. The summed E-state index contributed by atoms with van der Waals surface area (Å²) in [5, 5.41) is 12.1. The molecule has 202 valence electrons. The van der Waals surface area contributed by atoms with E-state index in [1.54, 1.807) is 30.3 Å². The number of benzene rings is 2. The van der Waals surface area contributed by atoms with Gasteiger partial charge in [-0.15, -0.1) is 11.3 Å². The highest BCUT2D eigenvalue weighted by atomic mass is 35.5. The summed E-state index contributed by atoms with van der Waals surface area (Å²) in [5.41, 5.74) is 8.58. The molecule has 4 rings (SSSR count). The maximum Gasteiger partial charge on any atom is 0.269 e. The van der Waals surface area contributed by atoms with E-state index in [2.05, 4.69) is 4.90 Å². The van der Waals surface area contributed by atoms with Crippen LogP contribution in [0.15, 0.2) is 42.5 Å². The molecule has 0 saturated carbocycles. The molecule has 0 bridgehead atoms. The third-order valence-electron chi connectivity index (χ3n) is 6.76. The highest BCUT2D eigenvalue weighted by molar-refractivity contribution is 7.16. The minimum atomic E-state index is -0.413. The molecule has 0 saturated heterocycles. The molecule has 0 unspecified atom stereocenters. The van der Waals surface area contributed by atoms with Crippen LogP contribution in [0.2, 0.25) is 10.0 Å². The quantitative estimate of drug-likeness (QED) is 0.0976. The van der Waals surface area contributed by atoms with Crippen LogP contribution in [0.5, 0.6) is 5.75 Å². The smallest absolute Gasteiger partial charge is 0.269 e. The Morgan fingerprint density at radius 1 is 1.03 bits per heavy atom. The van der Waals surface area contributed by atoms with Crippen molar-refractivity contribution in [1.29, 1.82) is 0 Å². The number of carbonyl (C=O) groups excluding carboxylic acids is 1. The van der Waals surface area contributed by atoms with Gasteiger partial charge in [0, 0.05) is 35.7 Å². The molecule has 0 radical (unpaired) electrons. The first-order chi connectivity index (χ1) is 18.3. The predicted octanol–water partition coefficient (Wildman–Crippen LogP) is 7.55. The molecule has 0 spiro atoms. The van der Waals surface area contributed by atoms with Gasteiger partial charge in [-0.1, -0.05) is 48.9 Å². The SMILES string of the molecule is Nc1sc2c(c1C(=O)c1ccc(Cl)c(Cl)c1)CCN(CCCCCCCCOc1ccc([N+](=O)[O-])cc1)C2. The molecule has 0 aliphatic carbocycles. The van der Waals surface area contributed by atoms with E-state index in [1.165, 1.54) is 41.2 Å². The van der Waals surface area contributed by atoms with Crippen molar-refractivity contribution >= 4 is 51.0 Å². The summed E-state index contributed by atoms with van der Waals surface area (Å²) in [7, 11) is 0. The molecule has 1 aromatic heterocycles. The number of thiophene rings is 1. The number of ether oxygens (including phenoxy) is 1. The van der Waals surface area contributed by atoms with Crippen LogP contribution in [0.1, 0.15) is 64.9 Å². The van der Waals surface area contributed by atoms with Crippen molar-refractivity contribution in [3.63, 3.8) is 0 Å². The number of hydrogen-bond donors (Lipinski definition) is 1. The van der Waals surface area contributed by atoms with Crippen molar-refractivity contribution in [2.24, 2.45) is 0 Å². The van der Waals surface area contributed by atoms with Crippen molar-refractivity contribution in [2.75, 3.05) is 25.4 Å². The van der Waals surface area contributed by atoms with Crippen molar-refractivity contribution in [2.45, 2.75) is 51.5 Å². The highest BCUT2D eigenvalue weighted by Crippen LogP contribution is 2.37. The lowest BCUT2D eigenvalue weighted by atomic mass is 9.96. The normalized spacial score (nSPS) is 13.3. The maximum absolute atomic E-state index is 13.2. The lowest BCUT2D eigenvalue weighted by Gasteiger charge is -2.27. The van der Waals surface area contributed by atoms with Gasteiger partial charge in [-0.2, -0.15) is 0 Å². The van der Waals surface area contributed by atoms with E-state index in [4.69, 9.17) is 33.7 Å². The molecule has 2 aromatic carbocycles. The predicted molar refractivity (Wildman–Crippen MR) is 154 cm³/mol. The molecular weight excluding hydrogens is 545 g/mol. The highest BCUT2D eigenvalue weighted by Gasteiger charge is 2.27. The Kier molecular flexibility index (Phi) is 10.0. The largest absolute Gasteiger partial charge is 0.494 e. The van der Waals surface area contributed by atoms with Crippen LogP contribution in [0, 0.1) is 10.1 Å². The van der Waals surface area contributed by atoms with Crippen molar-refractivity contribution in [1.82, 2.24) is 4.90 Å². The van der Waals surface area contributed by atoms with E-state index in [-0.39, 0.29) is 11.5 Å². The van der Waals surface area contributed by atoms with Crippen LogP contribution in [0.4, 0.5) is 10.7 Å². The second kappa shape index (κ2) is 13.4. The third kappa shape index (κ3) is 7.26. The number of fused-ring (bicyclic) bond motifs is 1. The molecule has 0 fully saturated rings. The first-order valence-electron chi connectivity index (χ1n) is 12.8. The number of nitrogens with two attached hydrogens (primary N) is 1. The summed E-state index contributed by atoms with van der Waals surface area (Å²) in [4.78, 5) is 27.1. The second-order valence-electron chi connectivity index (χ2n) is 9.45. The third-order valence-corrected chi connectivity index (χ3v) is 8.54. The number of non-ortho nitro benzene ring substituents is 1. The Morgan fingerprint density at radius 3 is 2.45 bits per heavy atom. The molecule has 2 N–H and O–H groups in total. The molecule has 0 amide bonds. The Balaban J connectivity index is 1.13. The lowest BCUT2D eigenvalue weighted by molar-refractivity contribution is -0.384. The molecule has 1 aliphatic rings. The van der Waals surface area contributed by atoms with Gasteiger partial charge in [0.15, 0.2) is 5.78 Å². The molecule has 10 heteroatoms. The van der Waals surface area contributed by atoms with Crippen molar-refractivity contribution < 1.29 is 14.5 Å². The average molecular weight is 577 g/mol. The van der Waals surface area contributed by atoms with Gasteiger partial charge in [-0.05, 0) is 61.7 Å². The first-order valence-corrected chi connectivity index (χ1v) is 14.4. The zero-order chi connectivity index (χ0) is 27.1. The second-order valence-corrected chi connectivity index (χ2v) is 11.4. The Bertz CT molecular complexity index is 1280. The van der Waals surface area contributed by atoms with E-state index < -0.39 is 4.92 Å². The van der Waals surface area contributed by atoms with Gasteiger partial charge in [0.2, 0.25) is 0 Å². The summed E-state index contributed by atoms with van der Waals surface area (Å²) in [6, 6.07) is 11.1. The van der Waals surface area contributed by atoms with Crippen molar-refractivity contribution in [3.05, 3.63) is 84.2 Å². The topological polar surface area (TPSA) is 98.7 Å². The molecule has 7 nitrogen and oxygen atoms in total. The number of rotatable bonds is 13. The molecule has 3 aromatic rings. The van der Waals surface area contributed by atoms with Crippen LogP contribution >= 0.6 is 34.5 Å². The fourth-order valence-electron chi connectivity index (χ4n) is 4.70. The number of ketones is 1. The number of anilines is 1. The van der Waals surface area contributed by atoms with E-state index in [0.29, 0.717) is 38.5 Å². The molecule has 2 heterocycles. The zero-order valence-electron chi connectivity index (χ0n) is 21.1. The van der Waals surface area contributed by atoms with Crippen molar-refractivity contribution in [3.8, 4) is 5.75 Å². The van der Waals surface area contributed by atoms with E-state index in [9.17, 15) is 14.9 Å². The molecular formula is C28H31Cl2N3O4S. The zero-order valence-corrected chi connectivity index (χ0v) is 23.4. The van der Waals surface area contributed by atoms with Crippen LogP contribution in [-0.2, 0) is 13.0 Å². The summed E-state index contributed by atoms with van der Waals surface area (Å²) >= 11 is 13.6. The van der Waals surface area contributed by atoms with Gasteiger partial charge in [0.25, 0.3) is 5.69 Å². The Labute approximate surface area is 236 Å². The summed E-state index contributed by atoms with van der Waals surface area (Å²) in [6.07, 6.45) is 7.56. The fourth-order valence-corrected chi connectivity index (χ4v) is 6.15. The van der Waals surface area contributed by atoms with Crippen LogP contribution in [0.25, 0.3) is 0 Å². The number of nitro groups is 1. The number of nitrogen functional groups attached to an aromatic ring is 1. The standard InChI is InChI=1S/C28H31Cl2N3O4S/c29-23-12-7-19(17-24(23)30)27(34)26-22-13-15-32(18-25(22)38-28(26)31)14-5-3-1-2-4-6-16-37-21-10-8-20(9-11-21)33(35)36/h7-12,17H,1-6,13-16,18,31H2. The van der Waals surface area contributed by atoms with E-state index in [0.717, 1.165) is 57.3 Å². The summed E-state index contributed by atoms with van der Waals surface area (Å²) in [6.45, 7) is 3.41. The molecule has 0 atom stereocenters. The van der Waals surface area contributed by atoms with Gasteiger partial charge in [0.05, 0.1) is 32.1 Å². The van der Waals surface area contributed by atoms with Gasteiger partial charge >= 0.3 is 0 Å². The molecule has 38 heavy (non-hydrogen) atoms. The summed E-state index contributed by atoms with van der Waals surface area (Å²) in [5.74, 6) is 0.573. The Morgan fingerprint density at radius 2 is 1.74 bits per heavy atom. The first kappa shape index (κ1) is 28.4. The number of unbranched alkanes of at least 4 members (excludes halogenated alkanes) is 5. The number of halogens is 2. The number of nitro benzene ring substituents is 1. The van der Waals surface area contributed by atoms with Gasteiger partial charge in [0.1, 0.15) is 5.75 Å². The van der Waals surface area contributed by atoms with Crippen LogP contribution < -0.4 is 10.5 Å². The number of hydrogen-bond acceptors (Lipinski definition) is 7. The van der Waals surface area contributed by atoms with Crippen LogP contribution in [-0.4, -0.2) is 35.3 Å². The van der Waals surface area contributed by atoms with Gasteiger partial charge in [-0.3, -0.25) is 19.8 Å². The monoisotopic (exact) mass is 575 g/mol. The Hall–Kier alpha value is -2.65. The van der Waals surface area contributed by atoms with Gasteiger partial charge < -0.3 is 10.5 Å². The minimum absolute atomic E-state index is 0.0709. The number of nitrogens with zero attached hydrogens (tertiary/aromatic N) is 2. The maximum atomic E-state index is 13.2. The average Bonchev–Trinajstić information content (AvgIpc) is 3.23. The minimum Gasteiger partial charge on any atom is -0.494 e. The van der Waals surface area contributed by atoms with Crippen LogP contribution in [0.3, 0.4) is 0 Å². The fraction of sp³-hybridized carbons (Fsp3) is 0.393. The number of carbonyl (C=O) groups is 1. The van der Waals surface area contributed by atoms with Gasteiger partial charge in [-0.25, -0.2) is 0 Å².